The summed E-state index contributed by atoms with van der Waals surface area (Å²) in [5, 5.41) is 0. The first kappa shape index (κ1) is 19.6. The molecule has 1 heterocycles. The van der Waals surface area contributed by atoms with Gasteiger partial charge in [-0.15, -0.1) is 0 Å². The molecule has 1 aromatic rings. The maximum Gasteiger partial charge on any atom is 0.236 e. The highest BCUT2D eigenvalue weighted by Crippen LogP contribution is 2.16. The van der Waals surface area contributed by atoms with Gasteiger partial charge in [-0.1, -0.05) is 0 Å². The zero-order valence-corrected chi connectivity index (χ0v) is 15.1. The van der Waals surface area contributed by atoms with Crippen molar-refractivity contribution in [2.24, 2.45) is 0 Å². The average molecular weight is 353 g/mol. The molecule has 1 aliphatic rings. The van der Waals surface area contributed by atoms with Crippen molar-refractivity contribution in [1.82, 2.24) is 9.80 Å². The number of halogens is 1. The van der Waals surface area contributed by atoms with Crippen LogP contribution in [0.2, 0.25) is 0 Å². The minimum atomic E-state index is -0.222. The number of hydrogen-bond acceptors (Lipinski definition) is 5. The average Bonchev–Trinajstić information content (AvgIpc) is 2.63. The molecule has 1 amide bonds. The Morgan fingerprint density at radius 3 is 2.12 bits per heavy atom. The van der Waals surface area contributed by atoms with Gasteiger partial charge in [-0.25, -0.2) is 4.39 Å². The largest absolute Gasteiger partial charge is 0.383 e. The first-order valence-corrected chi connectivity index (χ1v) is 8.62. The van der Waals surface area contributed by atoms with E-state index in [1.807, 2.05) is 0 Å². The van der Waals surface area contributed by atoms with Crippen LogP contribution in [-0.4, -0.2) is 89.0 Å². The molecule has 0 atom stereocenters. The minimum Gasteiger partial charge on any atom is -0.383 e. The first-order chi connectivity index (χ1) is 12.1. The van der Waals surface area contributed by atoms with Gasteiger partial charge in [0.2, 0.25) is 5.91 Å². The highest BCUT2D eigenvalue weighted by molar-refractivity contribution is 5.78. The maximum atomic E-state index is 13.0. The van der Waals surface area contributed by atoms with Crippen molar-refractivity contribution < 1.29 is 18.7 Å². The van der Waals surface area contributed by atoms with Crippen molar-refractivity contribution in [3.05, 3.63) is 30.1 Å². The van der Waals surface area contributed by atoms with Crippen molar-refractivity contribution in [3.63, 3.8) is 0 Å². The van der Waals surface area contributed by atoms with Crippen LogP contribution in [0.15, 0.2) is 24.3 Å². The van der Waals surface area contributed by atoms with Crippen LogP contribution in [0.25, 0.3) is 0 Å². The third-order valence-electron chi connectivity index (χ3n) is 4.41. The summed E-state index contributed by atoms with van der Waals surface area (Å²) in [6, 6.07) is 6.56. The standard InChI is InChI=1S/C18H28FN3O3/c1-24-13-11-22(12-14-25-2)18(23)15-20-7-9-21(10-8-20)17-5-3-16(19)4-6-17/h3-6H,7-15H2,1-2H3. The van der Waals surface area contributed by atoms with Crippen LogP contribution in [0, 0.1) is 5.82 Å². The molecule has 0 aromatic heterocycles. The molecule has 0 radical (unpaired) electrons. The molecule has 7 heteroatoms. The van der Waals surface area contributed by atoms with Gasteiger partial charge in [0.05, 0.1) is 19.8 Å². The summed E-state index contributed by atoms with van der Waals surface area (Å²) in [6.45, 7) is 5.88. The predicted octanol–water partition coefficient (Wildman–Crippen LogP) is 1.07. The molecule has 1 aliphatic heterocycles. The lowest BCUT2D eigenvalue weighted by Crippen LogP contribution is -2.50. The fourth-order valence-corrected chi connectivity index (χ4v) is 2.87. The number of anilines is 1. The quantitative estimate of drug-likeness (QED) is 0.665. The van der Waals surface area contributed by atoms with Crippen LogP contribution in [0.1, 0.15) is 0 Å². The maximum absolute atomic E-state index is 13.0. The molecular formula is C18H28FN3O3. The van der Waals surface area contributed by atoms with E-state index in [1.165, 1.54) is 12.1 Å². The summed E-state index contributed by atoms with van der Waals surface area (Å²) in [4.78, 5) is 18.7. The Morgan fingerprint density at radius 1 is 1.04 bits per heavy atom. The molecule has 6 nitrogen and oxygen atoms in total. The number of hydrogen-bond donors (Lipinski definition) is 0. The lowest BCUT2D eigenvalue weighted by Gasteiger charge is -2.36. The molecule has 0 spiro atoms. The van der Waals surface area contributed by atoms with Crippen molar-refractivity contribution in [1.29, 1.82) is 0 Å². The fraction of sp³-hybridized carbons (Fsp3) is 0.611. The smallest absolute Gasteiger partial charge is 0.236 e. The molecule has 0 bridgehead atoms. The Balaban J connectivity index is 1.80. The van der Waals surface area contributed by atoms with E-state index in [2.05, 4.69) is 9.80 Å². The summed E-state index contributed by atoms with van der Waals surface area (Å²) < 4.78 is 23.2. The zero-order chi connectivity index (χ0) is 18.1. The van der Waals surface area contributed by atoms with E-state index >= 15 is 0 Å². The zero-order valence-electron chi connectivity index (χ0n) is 15.1. The van der Waals surface area contributed by atoms with Gasteiger partial charge >= 0.3 is 0 Å². The van der Waals surface area contributed by atoms with Gasteiger partial charge in [-0.2, -0.15) is 0 Å². The highest BCUT2D eigenvalue weighted by atomic mass is 19.1. The normalized spacial score (nSPS) is 15.4. The van der Waals surface area contributed by atoms with Gasteiger partial charge in [0.1, 0.15) is 5.82 Å². The van der Waals surface area contributed by atoms with Crippen LogP contribution in [0.4, 0.5) is 10.1 Å². The number of amides is 1. The Hall–Kier alpha value is -1.70. The third-order valence-corrected chi connectivity index (χ3v) is 4.41. The topological polar surface area (TPSA) is 45.3 Å². The Kier molecular flexibility index (Phi) is 8.11. The molecule has 140 valence electrons. The van der Waals surface area contributed by atoms with Gasteiger partial charge in [-0.3, -0.25) is 9.69 Å². The molecular weight excluding hydrogens is 325 g/mol. The van der Waals surface area contributed by atoms with Gasteiger partial charge in [0.25, 0.3) is 0 Å². The van der Waals surface area contributed by atoms with Crippen LogP contribution < -0.4 is 4.90 Å². The highest BCUT2D eigenvalue weighted by Gasteiger charge is 2.21. The van der Waals surface area contributed by atoms with Gasteiger partial charge < -0.3 is 19.3 Å². The molecule has 2 rings (SSSR count). The summed E-state index contributed by atoms with van der Waals surface area (Å²) in [5.74, 6) is -0.121. The summed E-state index contributed by atoms with van der Waals surface area (Å²) in [7, 11) is 3.27. The van der Waals surface area contributed by atoms with Crippen LogP contribution in [-0.2, 0) is 14.3 Å². The van der Waals surface area contributed by atoms with Gasteiger partial charge in [0.15, 0.2) is 0 Å². The predicted molar refractivity (Wildman–Crippen MR) is 95.4 cm³/mol. The van der Waals surface area contributed by atoms with Crippen LogP contribution in [0.5, 0.6) is 0 Å². The second kappa shape index (κ2) is 10.3. The van der Waals surface area contributed by atoms with Crippen LogP contribution >= 0.6 is 0 Å². The number of carbonyl (C=O) groups is 1. The van der Waals surface area contributed by atoms with Gasteiger partial charge in [0, 0.05) is 59.2 Å². The molecule has 0 aliphatic carbocycles. The fourth-order valence-electron chi connectivity index (χ4n) is 2.87. The Morgan fingerprint density at radius 2 is 1.60 bits per heavy atom. The van der Waals surface area contributed by atoms with Crippen molar-refractivity contribution in [2.45, 2.75) is 0 Å². The first-order valence-electron chi connectivity index (χ1n) is 8.62. The number of methoxy groups -OCH3 is 2. The van der Waals surface area contributed by atoms with Crippen molar-refractivity contribution in [3.8, 4) is 0 Å². The van der Waals surface area contributed by atoms with E-state index in [0.29, 0.717) is 32.8 Å². The molecule has 0 unspecified atom stereocenters. The minimum absolute atomic E-state index is 0.101. The number of carbonyl (C=O) groups excluding carboxylic acids is 1. The van der Waals surface area contributed by atoms with Crippen LogP contribution in [0.3, 0.4) is 0 Å². The number of benzene rings is 1. The molecule has 0 saturated carbocycles. The van der Waals surface area contributed by atoms with E-state index in [4.69, 9.17) is 9.47 Å². The summed E-state index contributed by atoms with van der Waals surface area (Å²) in [6.07, 6.45) is 0. The van der Waals surface area contributed by atoms with E-state index in [0.717, 1.165) is 31.9 Å². The molecule has 1 aromatic carbocycles. The second-order valence-electron chi connectivity index (χ2n) is 6.11. The lowest BCUT2D eigenvalue weighted by molar-refractivity contribution is -0.133. The third kappa shape index (κ3) is 6.26. The number of piperazine rings is 1. The van der Waals surface area contributed by atoms with E-state index in [-0.39, 0.29) is 11.7 Å². The van der Waals surface area contributed by atoms with E-state index < -0.39 is 0 Å². The van der Waals surface area contributed by atoms with E-state index in [9.17, 15) is 9.18 Å². The second-order valence-corrected chi connectivity index (χ2v) is 6.11. The van der Waals surface area contributed by atoms with E-state index in [1.54, 1.807) is 31.3 Å². The van der Waals surface area contributed by atoms with Crippen molar-refractivity contribution >= 4 is 11.6 Å². The number of ether oxygens (including phenoxy) is 2. The molecule has 1 fully saturated rings. The van der Waals surface area contributed by atoms with Crippen molar-refractivity contribution in [2.75, 3.05) is 78.1 Å². The monoisotopic (exact) mass is 353 g/mol. The Labute approximate surface area is 149 Å². The molecule has 25 heavy (non-hydrogen) atoms. The van der Waals surface area contributed by atoms with Gasteiger partial charge in [-0.05, 0) is 24.3 Å². The number of nitrogens with zero attached hydrogens (tertiary/aromatic N) is 3. The Bertz CT molecular complexity index is 511. The number of rotatable bonds is 9. The molecule has 1 saturated heterocycles. The molecule has 0 N–H and O–H groups in total. The lowest BCUT2D eigenvalue weighted by atomic mass is 10.2. The SMILES string of the molecule is COCCN(CCOC)C(=O)CN1CCN(c2ccc(F)cc2)CC1. The summed E-state index contributed by atoms with van der Waals surface area (Å²) in [5.41, 5.74) is 1.02. The summed E-state index contributed by atoms with van der Waals surface area (Å²) >= 11 is 0.